The summed E-state index contributed by atoms with van der Waals surface area (Å²) in [7, 11) is -1.42. The fourth-order valence-electron chi connectivity index (χ4n) is 1.87. The standard InChI is InChI=1S/2C5H5.C3H9OSi.ClH.Ti/c2*1-2-4-5-3-1;1-5(2,3)4;;/h2*1-3H,4H2;1-3H3;1H;/q;;-1;;+2/p-1. The molecule has 0 aromatic carbocycles. The topological polar surface area (TPSA) is 9.23 Å². The molecule has 0 fully saturated rings. The minimum absolute atomic E-state index is 0. The molecule has 0 bridgehead atoms. The molecule has 0 N–H and O–H groups in total. The van der Waals surface area contributed by atoms with Crippen molar-refractivity contribution in [1.29, 1.82) is 0 Å². The van der Waals surface area contributed by atoms with E-state index in [9.17, 15) is 0 Å². The third-order valence-electron chi connectivity index (χ3n) is 2.53. The molecule has 92 valence electrons. The molecule has 0 spiro atoms. The van der Waals surface area contributed by atoms with Crippen molar-refractivity contribution in [3.63, 3.8) is 0 Å². The van der Waals surface area contributed by atoms with Crippen LogP contribution < -0.4 is 12.4 Å². The zero-order chi connectivity index (χ0) is 11.6. The summed E-state index contributed by atoms with van der Waals surface area (Å²) in [4.78, 5) is 0. The maximum Gasteiger partial charge on any atom is -1.00 e. The molecule has 0 saturated carbocycles. The van der Waals surface area contributed by atoms with Crippen LogP contribution in [-0.2, 0) is 21.3 Å². The van der Waals surface area contributed by atoms with Gasteiger partial charge >= 0.3 is 106 Å². The molecule has 0 unspecified atom stereocenters. The summed E-state index contributed by atoms with van der Waals surface area (Å²) >= 11 is -1.61. The quantitative estimate of drug-likeness (QED) is 0.706. The van der Waals surface area contributed by atoms with Crippen molar-refractivity contribution in [1.82, 2.24) is 0 Å². The Hall–Kier alpha value is 0.141. The van der Waals surface area contributed by atoms with Crippen LogP contribution in [0.25, 0.3) is 0 Å². The molecule has 0 radical (unpaired) electrons. The number of rotatable bonds is 4. The Bertz CT molecular complexity index is 361. The number of halogens is 1. The Morgan fingerprint density at radius 3 is 1.76 bits per heavy atom. The van der Waals surface area contributed by atoms with Gasteiger partial charge in [-0.2, -0.15) is 0 Å². The first-order valence-corrected chi connectivity index (χ1v) is 11.4. The van der Waals surface area contributed by atoms with Crippen LogP contribution in [0.3, 0.4) is 0 Å². The second kappa shape index (κ2) is 6.35. The van der Waals surface area contributed by atoms with E-state index in [1.165, 1.54) is 0 Å². The van der Waals surface area contributed by atoms with Crippen LogP contribution in [0.5, 0.6) is 0 Å². The zero-order valence-corrected chi connectivity index (χ0v) is 14.0. The van der Waals surface area contributed by atoms with Gasteiger partial charge in [0.15, 0.2) is 0 Å². The minimum Gasteiger partial charge on any atom is -1.00 e. The second-order valence-corrected chi connectivity index (χ2v) is 13.6. The van der Waals surface area contributed by atoms with Crippen LogP contribution in [0.15, 0.2) is 44.2 Å². The molecular formula is C13H19ClOSiTi. The van der Waals surface area contributed by atoms with Crippen LogP contribution in [-0.4, -0.2) is 8.32 Å². The molecule has 0 aliphatic heterocycles. The van der Waals surface area contributed by atoms with Crippen molar-refractivity contribution < 1.29 is 33.7 Å². The molecule has 17 heavy (non-hydrogen) atoms. The van der Waals surface area contributed by atoms with E-state index in [0.29, 0.717) is 0 Å². The van der Waals surface area contributed by atoms with E-state index in [0.717, 1.165) is 12.8 Å². The summed E-state index contributed by atoms with van der Waals surface area (Å²) in [5, 5.41) is 0. The van der Waals surface area contributed by atoms with Crippen LogP contribution in [0, 0.1) is 0 Å². The summed E-state index contributed by atoms with van der Waals surface area (Å²) in [6, 6.07) is 0. The molecular weight excluding hydrogens is 284 g/mol. The molecule has 0 aromatic rings. The van der Waals surface area contributed by atoms with Gasteiger partial charge in [-0.15, -0.1) is 0 Å². The number of hydrogen-bond acceptors (Lipinski definition) is 1. The van der Waals surface area contributed by atoms with Crippen LogP contribution in [0.4, 0.5) is 0 Å². The van der Waals surface area contributed by atoms with Crippen molar-refractivity contribution in [2.75, 3.05) is 0 Å². The monoisotopic (exact) mass is 302 g/mol. The van der Waals surface area contributed by atoms with Gasteiger partial charge in [0.25, 0.3) is 0 Å². The van der Waals surface area contributed by atoms with Gasteiger partial charge in [-0.1, -0.05) is 0 Å². The molecule has 4 heteroatoms. The van der Waals surface area contributed by atoms with Gasteiger partial charge in [-0.25, -0.2) is 0 Å². The van der Waals surface area contributed by atoms with Gasteiger partial charge in [-0.05, 0) is 0 Å². The Kier molecular flexibility index (Phi) is 5.68. The molecule has 0 atom stereocenters. The maximum absolute atomic E-state index is 6.49. The third-order valence-corrected chi connectivity index (χ3v) is 10.2. The summed E-state index contributed by atoms with van der Waals surface area (Å²) in [5.74, 6) is 0. The van der Waals surface area contributed by atoms with Crippen molar-refractivity contribution in [3.05, 3.63) is 44.2 Å². The van der Waals surface area contributed by atoms with E-state index in [1.807, 2.05) is 0 Å². The first-order valence-electron chi connectivity index (χ1n) is 5.84. The predicted molar refractivity (Wildman–Crippen MR) is 68.1 cm³/mol. The fourth-order valence-corrected chi connectivity index (χ4v) is 9.21. The summed E-state index contributed by atoms with van der Waals surface area (Å²) in [6.07, 6.45) is 15.7. The van der Waals surface area contributed by atoms with E-state index < -0.39 is 26.6 Å². The zero-order valence-electron chi connectivity index (χ0n) is 10.7. The largest absolute Gasteiger partial charge is 1.00 e. The molecule has 0 amide bonds. The molecule has 0 aromatic heterocycles. The molecule has 0 heterocycles. The summed E-state index contributed by atoms with van der Waals surface area (Å²) < 4.78 is 9.66. The van der Waals surface area contributed by atoms with Gasteiger partial charge in [0.2, 0.25) is 0 Å². The Morgan fingerprint density at radius 2 is 1.47 bits per heavy atom. The van der Waals surface area contributed by atoms with E-state index >= 15 is 0 Å². The Morgan fingerprint density at radius 1 is 1.00 bits per heavy atom. The Labute approximate surface area is 118 Å². The van der Waals surface area contributed by atoms with Gasteiger partial charge in [0.05, 0.1) is 0 Å². The number of hydrogen-bond donors (Lipinski definition) is 0. The average molecular weight is 303 g/mol. The number of allylic oxidation sites excluding steroid dienone is 8. The first kappa shape index (κ1) is 15.2. The summed E-state index contributed by atoms with van der Waals surface area (Å²) in [6.45, 7) is 6.89. The third kappa shape index (κ3) is 4.38. The van der Waals surface area contributed by atoms with Gasteiger partial charge in [-0.3, -0.25) is 0 Å². The smallest absolute Gasteiger partial charge is 1.00 e. The normalized spacial score (nSPS) is 17.8. The Balaban J connectivity index is 0.00000144. The van der Waals surface area contributed by atoms with Crippen molar-refractivity contribution in [2.45, 2.75) is 32.5 Å². The van der Waals surface area contributed by atoms with E-state index in [2.05, 4.69) is 56.1 Å². The molecule has 2 aliphatic rings. The molecule has 1 nitrogen and oxygen atoms in total. The summed E-state index contributed by atoms with van der Waals surface area (Å²) in [5.41, 5.74) is 0. The minimum atomic E-state index is -1.61. The SMILES string of the molecule is C[Si](C)(C)[O][Ti+]([C]1=CC=CC1)[C]1=CC=CC1.[Cl-]. The van der Waals surface area contributed by atoms with Crippen LogP contribution in [0.1, 0.15) is 12.8 Å². The van der Waals surface area contributed by atoms with Crippen LogP contribution in [0.2, 0.25) is 19.6 Å². The maximum atomic E-state index is 6.49. The van der Waals surface area contributed by atoms with Crippen LogP contribution >= 0.6 is 0 Å². The second-order valence-electron chi connectivity index (χ2n) is 5.19. The average Bonchev–Trinajstić information content (AvgIpc) is 2.86. The van der Waals surface area contributed by atoms with Crippen molar-refractivity contribution >= 4 is 8.32 Å². The van der Waals surface area contributed by atoms with Crippen molar-refractivity contribution in [3.8, 4) is 0 Å². The predicted octanol–water partition coefficient (Wildman–Crippen LogP) is 1.06. The molecule has 2 rings (SSSR count). The van der Waals surface area contributed by atoms with Gasteiger partial charge in [0, 0.05) is 0 Å². The van der Waals surface area contributed by atoms with E-state index in [-0.39, 0.29) is 12.4 Å². The van der Waals surface area contributed by atoms with Gasteiger partial charge in [0.1, 0.15) is 0 Å². The fraction of sp³-hybridized carbons (Fsp3) is 0.385. The molecule has 0 saturated heterocycles. The molecule has 2 aliphatic carbocycles. The van der Waals surface area contributed by atoms with Crippen molar-refractivity contribution in [2.24, 2.45) is 0 Å². The van der Waals surface area contributed by atoms with E-state index in [4.69, 9.17) is 3.01 Å². The first-order chi connectivity index (χ1) is 7.56. The van der Waals surface area contributed by atoms with E-state index in [1.54, 1.807) is 7.76 Å². The van der Waals surface area contributed by atoms with Gasteiger partial charge < -0.3 is 12.4 Å².